The van der Waals surface area contributed by atoms with Gasteiger partial charge < -0.3 is 5.32 Å². The Morgan fingerprint density at radius 1 is 1.12 bits per heavy atom. The molecule has 0 radical (unpaired) electrons. The molecule has 3 aromatic rings. The number of hydrogen-bond donors (Lipinski definition) is 2. The van der Waals surface area contributed by atoms with Gasteiger partial charge in [0.1, 0.15) is 5.21 Å². The fraction of sp³-hybridized carbons (Fsp3) is 0.278. The average molecular weight is 337 g/mol. The zero-order valence-electron chi connectivity index (χ0n) is 14.3. The topological polar surface area (TPSA) is 87.4 Å². The van der Waals surface area contributed by atoms with Crippen LogP contribution >= 0.6 is 0 Å². The lowest BCUT2D eigenvalue weighted by atomic mass is 10.0. The molecule has 1 amide bonds. The van der Waals surface area contributed by atoms with Crippen molar-refractivity contribution in [3.63, 3.8) is 0 Å². The maximum atomic E-state index is 12.3. The van der Waals surface area contributed by atoms with Crippen LogP contribution in [0.5, 0.6) is 0 Å². The Balaban J connectivity index is 1.62. The summed E-state index contributed by atoms with van der Waals surface area (Å²) in [5.74, 6) is 0.537. The van der Waals surface area contributed by atoms with Gasteiger partial charge in [0.25, 0.3) is 5.91 Å². The zero-order valence-corrected chi connectivity index (χ0v) is 14.3. The van der Waals surface area contributed by atoms with Gasteiger partial charge in [-0.3, -0.25) is 4.79 Å². The molecule has 2 N–H and O–H groups in total. The predicted octanol–water partition coefficient (Wildman–Crippen LogP) is 2.32. The molecule has 7 nitrogen and oxygen atoms in total. The van der Waals surface area contributed by atoms with Crippen LogP contribution in [0.1, 0.15) is 36.2 Å². The number of nitrogens with one attached hydrogen (secondary N) is 2. The van der Waals surface area contributed by atoms with Gasteiger partial charge in [0.2, 0.25) is 10.4 Å². The molecule has 2 aromatic carbocycles. The van der Waals surface area contributed by atoms with Gasteiger partial charge in [0.15, 0.2) is 5.69 Å². The highest BCUT2D eigenvalue weighted by Gasteiger charge is 2.09. The first-order valence-corrected chi connectivity index (χ1v) is 8.28. The lowest BCUT2D eigenvalue weighted by Gasteiger charge is -2.08. The summed E-state index contributed by atoms with van der Waals surface area (Å²) in [5.41, 5.74) is 3.39. The minimum absolute atomic E-state index is 0.151. The van der Waals surface area contributed by atoms with Gasteiger partial charge in [-0.2, -0.15) is 0 Å². The molecule has 0 bridgehead atoms. The average Bonchev–Trinajstić information content (AvgIpc) is 3.16. The van der Waals surface area contributed by atoms with E-state index in [9.17, 15) is 4.79 Å². The number of aromatic nitrogens is 5. The Labute approximate surface area is 146 Å². The molecule has 0 aliphatic heterocycles. The van der Waals surface area contributed by atoms with Crippen LogP contribution in [0.25, 0.3) is 5.69 Å². The van der Waals surface area contributed by atoms with Crippen molar-refractivity contribution in [2.75, 3.05) is 5.32 Å². The molecule has 0 unspecified atom stereocenters. The molecule has 0 aliphatic carbocycles. The summed E-state index contributed by atoms with van der Waals surface area (Å²) in [6.07, 6.45) is 2.22. The van der Waals surface area contributed by atoms with Crippen LogP contribution in [0.15, 0.2) is 48.5 Å². The summed E-state index contributed by atoms with van der Waals surface area (Å²) in [6.45, 7) is 4.44. The number of aromatic amines is 1. The normalized spacial score (nSPS) is 10.8. The van der Waals surface area contributed by atoms with Crippen molar-refractivity contribution in [2.45, 2.75) is 26.7 Å². The number of carbonyl (C=O) groups excluding carboxylic acids is 1. The predicted molar refractivity (Wildman–Crippen MR) is 93.3 cm³/mol. The molecule has 25 heavy (non-hydrogen) atoms. The maximum absolute atomic E-state index is 12.3. The number of hydrogen-bond acceptors (Lipinski definition) is 4. The maximum Gasteiger partial charge on any atom is 0.255 e. The van der Waals surface area contributed by atoms with Gasteiger partial charge in [0, 0.05) is 11.3 Å². The number of rotatable bonds is 6. The highest BCUT2D eigenvalue weighted by Crippen LogP contribution is 2.14. The summed E-state index contributed by atoms with van der Waals surface area (Å²) in [6, 6.07) is 15.0. The van der Waals surface area contributed by atoms with E-state index in [0.717, 1.165) is 24.2 Å². The third kappa shape index (κ3) is 4.47. The summed E-state index contributed by atoms with van der Waals surface area (Å²) >= 11 is 0. The molecule has 0 saturated carbocycles. The third-order valence-corrected chi connectivity index (χ3v) is 3.91. The van der Waals surface area contributed by atoms with Crippen LogP contribution in [-0.2, 0) is 6.42 Å². The molecular formula is C18H21N6O+. The summed E-state index contributed by atoms with van der Waals surface area (Å²) in [4.78, 5) is 13.8. The first-order valence-electron chi connectivity index (χ1n) is 8.28. The van der Waals surface area contributed by atoms with Gasteiger partial charge >= 0.3 is 0 Å². The fourth-order valence-electron chi connectivity index (χ4n) is 2.42. The SMILES string of the molecule is CC(C)CCc1ccc(NC(=O)c2ccc(-[n+]3nnn[nH]3)cc2)cc1. The number of aryl methyl sites for hydroxylation is 1. The summed E-state index contributed by atoms with van der Waals surface area (Å²) < 4.78 is 0. The molecule has 7 heteroatoms. The van der Waals surface area contributed by atoms with Crippen molar-refractivity contribution < 1.29 is 9.59 Å². The van der Waals surface area contributed by atoms with Crippen molar-refractivity contribution >= 4 is 11.6 Å². The summed E-state index contributed by atoms with van der Waals surface area (Å²) in [7, 11) is 0. The molecule has 128 valence electrons. The number of amides is 1. The number of nitrogens with zero attached hydrogens (tertiary/aromatic N) is 4. The second-order valence-electron chi connectivity index (χ2n) is 6.32. The minimum atomic E-state index is -0.151. The van der Waals surface area contributed by atoms with Crippen LogP contribution in [-0.4, -0.2) is 26.8 Å². The summed E-state index contributed by atoms with van der Waals surface area (Å²) in [5, 5.41) is 16.3. The molecule has 0 fully saturated rings. The number of benzene rings is 2. The van der Waals surface area contributed by atoms with Gasteiger partial charge in [-0.15, -0.1) is 0 Å². The van der Waals surface area contributed by atoms with Gasteiger partial charge in [-0.25, -0.2) is 0 Å². The van der Waals surface area contributed by atoms with Gasteiger partial charge in [-0.05, 0) is 70.7 Å². The molecule has 1 aromatic heterocycles. The van der Waals surface area contributed by atoms with E-state index in [0.29, 0.717) is 11.5 Å². The van der Waals surface area contributed by atoms with Crippen molar-refractivity contribution in [3.05, 3.63) is 59.7 Å². The van der Waals surface area contributed by atoms with Crippen LogP contribution in [0.3, 0.4) is 0 Å². The molecule has 0 atom stereocenters. The molecular weight excluding hydrogens is 316 g/mol. The van der Waals surface area contributed by atoms with E-state index < -0.39 is 0 Å². The first kappa shape index (κ1) is 16.8. The van der Waals surface area contributed by atoms with Gasteiger partial charge in [0.05, 0.1) is 0 Å². The first-order chi connectivity index (χ1) is 12.1. The minimum Gasteiger partial charge on any atom is -0.322 e. The van der Waals surface area contributed by atoms with Crippen molar-refractivity contribution in [2.24, 2.45) is 5.92 Å². The van der Waals surface area contributed by atoms with E-state index in [4.69, 9.17) is 0 Å². The smallest absolute Gasteiger partial charge is 0.255 e. The molecule has 1 heterocycles. The van der Waals surface area contributed by atoms with E-state index in [2.05, 4.69) is 52.2 Å². The van der Waals surface area contributed by atoms with E-state index >= 15 is 0 Å². The largest absolute Gasteiger partial charge is 0.322 e. The van der Waals surface area contributed by atoms with E-state index in [1.54, 1.807) is 24.3 Å². The standard InChI is InChI=1S/C18H20N6O/c1-13(2)3-4-14-5-9-16(10-6-14)19-18(25)15-7-11-17(12-8-15)24-22-20-21-23-24/h5-13H,3-4H2,1-2H3,(H,19,25)/p+1. The van der Waals surface area contributed by atoms with Crippen LogP contribution in [0, 0.1) is 5.92 Å². The third-order valence-electron chi connectivity index (χ3n) is 3.91. The van der Waals surface area contributed by atoms with Crippen molar-refractivity contribution in [3.8, 4) is 5.69 Å². The Morgan fingerprint density at radius 3 is 2.44 bits per heavy atom. The van der Waals surface area contributed by atoms with Crippen LogP contribution < -0.4 is 10.1 Å². The second-order valence-corrected chi connectivity index (χ2v) is 6.32. The highest BCUT2D eigenvalue weighted by atomic mass is 16.1. The fourth-order valence-corrected chi connectivity index (χ4v) is 2.42. The Bertz CT molecular complexity index is 810. The van der Waals surface area contributed by atoms with Crippen molar-refractivity contribution in [1.82, 2.24) is 20.9 Å². The zero-order chi connectivity index (χ0) is 17.6. The second kappa shape index (κ2) is 7.65. The Kier molecular flexibility index (Phi) is 5.13. The van der Waals surface area contributed by atoms with Crippen LogP contribution in [0.4, 0.5) is 5.69 Å². The van der Waals surface area contributed by atoms with Gasteiger partial charge in [-0.1, -0.05) is 26.0 Å². The number of anilines is 1. The Morgan fingerprint density at radius 2 is 1.84 bits per heavy atom. The highest BCUT2D eigenvalue weighted by molar-refractivity contribution is 6.04. The molecule has 0 spiro atoms. The molecule has 0 aliphatic rings. The van der Waals surface area contributed by atoms with Crippen molar-refractivity contribution in [1.29, 1.82) is 0 Å². The lowest BCUT2D eigenvalue weighted by Crippen LogP contribution is -2.36. The van der Waals surface area contributed by atoms with Crippen LogP contribution in [0.2, 0.25) is 0 Å². The quantitative estimate of drug-likeness (QED) is 0.676. The molecule has 0 saturated heterocycles. The number of carbonyl (C=O) groups is 1. The Hall–Kier alpha value is -3.09. The monoisotopic (exact) mass is 337 g/mol. The van der Waals surface area contributed by atoms with E-state index in [-0.39, 0.29) is 5.91 Å². The number of H-pyrrole nitrogens is 1. The van der Waals surface area contributed by atoms with E-state index in [1.807, 2.05) is 12.1 Å². The lowest BCUT2D eigenvalue weighted by molar-refractivity contribution is -0.719. The molecule has 3 rings (SSSR count). The van der Waals surface area contributed by atoms with E-state index in [1.165, 1.54) is 10.4 Å².